The number of ether oxygens (including phenoxy) is 1. The van der Waals surface area contributed by atoms with Crippen LogP contribution in [0.1, 0.15) is 77.0 Å². The lowest BCUT2D eigenvalue weighted by atomic mass is 9.87. The third kappa shape index (κ3) is 12.8. The molecule has 38 heavy (non-hydrogen) atoms. The predicted octanol–water partition coefficient (Wildman–Crippen LogP) is 9.89. The van der Waals surface area contributed by atoms with E-state index in [2.05, 4.69) is 57.3 Å². The first-order valence-corrected chi connectivity index (χ1v) is 13.0. The van der Waals surface area contributed by atoms with Crippen molar-refractivity contribution < 1.29 is 17.9 Å². The van der Waals surface area contributed by atoms with Gasteiger partial charge in [0.25, 0.3) is 0 Å². The molecule has 3 rings (SSSR count). The number of rotatable bonds is 6. The van der Waals surface area contributed by atoms with Crippen molar-refractivity contribution in [2.45, 2.75) is 72.1 Å². The average Bonchev–Trinajstić information content (AvgIpc) is 2.88. The Kier molecular flexibility index (Phi) is 14.5. The van der Waals surface area contributed by atoms with Crippen LogP contribution in [0.2, 0.25) is 0 Å². The minimum Gasteiger partial charge on any atom is -0.486 e. The Morgan fingerprint density at radius 3 is 2.21 bits per heavy atom. The van der Waals surface area contributed by atoms with E-state index in [4.69, 9.17) is 4.74 Å². The van der Waals surface area contributed by atoms with Gasteiger partial charge in [0.05, 0.1) is 5.56 Å². The molecule has 1 unspecified atom stereocenters. The number of benzene rings is 2. The van der Waals surface area contributed by atoms with Crippen molar-refractivity contribution in [2.24, 2.45) is 5.41 Å². The normalized spacial score (nSPS) is 16.4. The molecule has 0 bridgehead atoms. The average molecular weight is 550 g/mol. The zero-order valence-electron chi connectivity index (χ0n) is 23.3. The molecule has 0 saturated heterocycles. The molecule has 0 fully saturated rings. The topological polar surface area (TPSA) is 21.3 Å². The highest BCUT2D eigenvalue weighted by Gasteiger charge is 2.30. The summed E-state index contributed by atoms with van der Waals surface area (Å²) in [6.07, 6.45) is 10.3. The zero-order chi connectivity index (χ0) is 27.3. The van der Waals surface area contributed by atoms with Crippen molar-refractivity contribution in [2.75, 3.05) is 13.6 Å². The monoisotopic (exact) mass is 549 g/mol. The maximum Gasteiger partial charge on any atom is 0.416 e. The Morgan fingerprint density at radius 2 is 1.61 bits per heavy atom. The highest BCUT2D eigenvalue weighted by atomic mass is 35.5. The van der Waals surface area contributed by atoms with Crippen LogP contribution in [0.15, 0.2) is 90.0 Å². The molecule has 0 radical (unpaired) electrons. The van der Waals surface area contributed by atoms with Crippen LogP contribution in [0, 0.1) is 5.41 Å². The second kappa shape index (κ2) is 16.5. The maximum atomic E-state index is 12.6. The van der Waals surface area contributed by atoms with Gasteiger partial charge in [-0.1, -0.05) is 79.6 Å². The van der Waals surface area contributed by atoms with E-state index in [-0.39, 0.29) is 18.5 Å². The van der Waals surface area contributed by atoms with Gasteiger partial charge in [-0.2, -0.15) is 13.2 Å². The third-order valence-electron chi connectivity index (χ3n) is 6.30. The fourth-order valence-electron chi connectivity index (χ4n) is 3.92. The van der Waals surface area contributed by atoms with Gasteiger partial charge in [0.15, 0.2) is 0 Å². The molecule has 0 heterocycles. The number of alkyl halides is 3. The van der Waals surface area contributed by atoms with Crippen LogP contribution < -0.4 is 10.1 Å². The summed E-state index contributed by atoms with van der Waals surface area (Å²) in [5.41, 5.74) is 3.66. The van der Waals surface area contributed by atoms with Gasteiger partial charge in [-0.25, -0.2) is 0 Å². The lowest BCUT2D eigenvalue weighted by molar-refractivity contribution is -0.137. The van der Waals surface area contributed by atoms with Gasteiger partial charge in [0, 0.05) is 6.42 Å². The van der Waals surface area contributed by atoms with Crippen molar-refractivity contribution in [3.8, 4) is 5.75 Å². The van der Waals surface area contributed by atoms with Gasteiger partial charge in [0.2, 0.25) is 0 Å². The Bertz CT molecular complexity index is 1020. The Morgan fingerprint density at radius 1 is 0.947 bits per heavy atom. The number of nitrogens with one attached hydrogen (secondary N) is 1. The van der Waals surface area contributed by atoms with Crippen molar-refractivity contribution in [1.29, 1.82) is 0 Å². The summed E-state index contributed by atoms with van der Waals surface area (Å²) in [4.78, 5) is 0. The van der Waals surface area contributed by atoms with E-state index in [0.29, 0.717) is 11.2 Å². The summed E-state index contributed by atoms with van der Waals surface area (Å²) in [6, 6.07) is 14.4. The molecular weight excluding hydrogens is 507 g/mol. The summed E-state index contributed by atoms with van der Waals surface area (Å²) in [5.74, 6) is 0.429. The molecule has 2 nitrogen and oxygen atoms in total. The van der Waals surface area contributed by atoms with E-state index in [1.807, 2.05) is 37.4 Å². The van der Waals surface area contributed by atoms with Crippen LogP contribution in [0.25, 0.3) is 0 Å². The molecular formula is C32H43ClF3NO. The van der Waals surface area contributed by atoms with Gasteiger partial charge in [-0.3, -0.25) is 0 Å². The SMILES string of the molecule is CC1=CCCC(C)=CCC(C)(C)C=CC1.CNCCC(Oc1ccc(C(F)(F)F)cc1)c1ccccc1.Cl. The van der Waals surface area contributed by atoms with Crippen molar-refractivity contribution in [1.82, 2.24) is 5.32 Å². The first-order valence-electron chi connectivity index (χ1n) is 13.0. The molecule has 0 aliphatic heterocycles. The highest BCUT2D eigenvalue weighted by molar-refractivity contribution is 5.85. The number of halogens is 4. The number of hydrogen-bond acceptors (Lipinski definition) is 2. The summed E-state index contributed by atoms with van der Waals surface area (Å²) < 4.78 is 43.6. The lowest BCUT2D eigenvalue weighted by Gasteiger charge is -2.20. The van der Waals surface area contributed by atoms with Gasteiger partial charge >= 0.3 is 6.18 Å². The standard InChI is InChI=1S/C17H18F3NO.C15H24.ClH/c1-21-12-11-16(13-5-3-2-4-6-13)22-15-9-7-14(8-10-15)17(18,19)20;1-13-7-5-8-14(2)10-12-15(3,4)11-6-9-13;/h2-10,16,21H,11-12H2,1H3;6-7,10-11H,5,8-9,12H2,1-4H3;1H. The molecule has 210 valence electrons. The Hall–Kier alpha value is -2.50. The van der Waals surface area contributed by atoms with E-state index in [1.165, 1.54) is 36.1 Å². The first kappa shape index (κ1) is 33.5. The van der Waals surface area contributed by atoms with E-state index in [1.54, 1.807) is 0 Å². The molecule has 1 aliphatic carbocycles. The third-order valence-corrected chi connectivity index (χ3v) is 6.30. The summed E-state index contributed by atoms with van der Waals surface area (Å²) in [7, 11) is 1.85. The molecule has 1 N–H and O–H groups in total. The Balaban J connectivity index is 0.000000397. The fourth-order valence-corrected chi connectivity index (χ4v) is 3.92. The van der Waals surface area contributed by atoms with Gasteiger partial charge in [0.1, 0.15) is 11.9 Å². The largest absolute Gasteiger partial charge is 0.486 e. The lowest BCUT2D eigenvalue weighted by Crippen LogP contribution is -2.16. The second-order valence-electron chi connectivity index (χ2n) is 10.4. The first-order chi connectivity index (χ1) is 17.5. The summed E-state index contributed by atoms with van der Waals surface area (Å²) in [6.45, 7) is 9.85. The van der Waals surface area contributed by atoms with Crippen molar-refractivity contribution in [3.05, 3.63) is 101 Å². The van der Waals surface area contributed by atoms with Crippen LogP contribution in [-0.2, 0) is 6.18 Å². The number of allylic oxidation sites excluding steroid dienone is 6. The van der Waals surface area contributed by atoms with Crippen LogP contribution in [0.4, 0.5) is 13.2 Å². The van der Waals surface area contributed by atoms with Gasteiger partial charge in [-0.05, 0) is 88.4 Å². The predicted molar refractivity (Wildman–Crippen MR) is 156 cm³/mol. The van der Waals surface area contributed by atoms with Crippen molar-refractivity contribution in [3.63, 3.8) is 0 Å². The molecule has 0 aromatic heterocycles. The molecule has 1 aliphatic rings. The zero-order valence-corrected chi connectivity index (χ0v) is 24.1. The van der Waals surface area contributed by atoms with Gasteiger partial charge < -0.3 is 10.1 Å². The molecule has 2 aromatic carbocycles. The van der Waals surface area contributed by atoms with E-state index in [9.17, 15) is 13.2 Å². The molecule has 6 heteroatoms. The Labute approximate surface area is 233 Å². The smallest absolute Gasteiger partial charge is 0.416 e. The van der Waals surface area contributed by atoms with Crippen LogP contribution in [-0.4, -0.2) is 13.6 Å². The quantitative estimate of drug-likeness (QED) is 0.362. The van der Waals surface area contributed by atoms with Crippen LogP contribution in [0.5, 0.6) is 5.75 Å². The minimum absolute atomic E-state index is 0. The number of hydrogen-bond donors (Lipinski definition) is 1. The van der Waals surface area contributed by atoms with Crippen LogP contribution in [0.3, 0.4) is 0 Å². The van der Waals surface area contributed by atoms with Crippen molar-refractivity contribution >= 4 is 12.4 Å². The fraction of sp³-hybridized carbons (Fsp3) is 0.438. The highest BCUT2D eigenvalue weighted by Crippen LogP contribution is 2.32. The molecule has 0 amide bonds. The molecule has 0 spiro atoms. The summed E-state index contributed by atoms with van der Waals surface area (Å²) >= 11 is 0. The summed E-state index contributed by atoms with van der Waals surface area (Å²) in [5, 5.41) is 3.05. The molecule has 2 aromatic rings. The van der Waals surface area contributed by atoms with Crippen LogP contribution >= 0.6 is 12.4 Å². The second-order valence-corrected chi connectivity index (χ2v) is 10.4. The van der Waals surface area contributed by atoms with Gasteiger partial charge in [-0.15, -0.1) is 12.4 Å². The molecule has 1 atom stereocenters. The van der Waals surface area contributed by atoms with E-state index in [0.717, 1.165) is 43.5 Å². The minimum atomic E-state index is -4.33. The maximum absolute atomic E-state index is 12.6. The molecule has 0 saturated carbocycles. The van der Waals surface area contributed by atoms with E-state index < -0.39 is 11.7 Å². The van der Waals surface area contributed by atoms with E-state index >= 15 is 0 Å².